The van der Waals surface area contributed by atoms with Crippen LogP contribution in [0.5, 0.6) is 0 Å². The van der Waals surface area contributed by atoms with Crippen LogP contribution >= 0.6 is 0 Å². The van der Waals surface area contributed by atoms with Gasteiger partial charge in [0, 0.05) is 11.9 Å². The van der Waals surface area contributed by atoms with Gasteiger partial charge < -0.3 is 11.1 Å². The smallest absolute Gasteiger partial charge is 0.243 e. The van der Waals surface area contributed by atoms with Crippen LogP contribution in [-0.2, 0) is 4.79 Å². The summed E-state index contributed by atoms with van der Waals surface area (Å²) >= 11 is 0. The molecule has 1 heterocycles. The highest BCUT2D eigenvalue weighted by molar-refractivity contribution is 5.97. The molecule has 94 valence electrons. The highest BCUT2D eigenvalue weighted by Gasteiger charge is 2.21. The molecule has 2 rings (SSSR count). The SMILES string of the molecule is CC(C)(N)C(=O)Nc1ccc(-c2ccn[nH]2)cc1. The van der Waals surface area contributed by atoms with Crippen LogP contribution in [-0.4, -0.2) is 21.6 Å². The molecular formula is C13H16N4O. The lowest BCUT2D eigenvalue weighted by Crippen LogP contribution is -2.45. The van der Waals surface area contributed by atoms with E-state index in [0.717, 1.165) is 16.9 Å². The number of nitrogens with zero attached hydrogens (tertiary/aromatic N) is 1. The Hall–Kier alpha value is -2.14. The number of nitrogens with two attached hydrogens (primary N) is 1. The van der Waals surface area contributed by atoms with Crippen molar-refractivity contribution in [2.45, 2.75) is 19.4 Å². The van der Waals surface area contributed by atoms with Crippen LogP contribution in [0.25, 0.3) is 11.3 Å². The van der Waals surface area contributed by atoms with Gasteiger partial charge in [-0.25, -0.2) is 0 Å². The summed E-state index contributed by atoms with van der Waals surface area (Å²) in [5, 5.41) is 9.54. The monoisotopic (exact) mass is 244 g/mol. The summed E-state index contributed by atoms with van der Waals surface area (Å²) in [6.07, 6.45) is 1.70. The summed E-state index contributed by atoms with van der Waals surface area (Å²) in [6, 6.07) is 9.37. The van der Waals surface area contributed by atoms with Gasteiger partial charge in [0.05, 0.1) is 11.2 Å². The molecule has 0 aliphatic carbocycles. The third kappa shape index (κ3) is 2.75. The number of nitrogens with one attached hydrogen (secondary N) is 2. The topological polar surface area (TPSA) is 83.8 Å². The summed E-state index contributed by atoms with van der Waals surface area (Å²) in [6.45, 7) is 3.34. The third-order valence-corrected chi connectivity index (χ3v) is 2.54. The standard InChI is InChI=1S/C13H16N4O/c1-13(2,14)12(18)16-10-5-3-9(4-6-10)11-7-8-15-17-11/h3-8H,14H2,1-2H3,(H,15,17)(H,16,18). The molecule has 0 spiro atoms. The minimum Gasteiger partial charge on any atom is -0.325 e. The van der Waals surface area contributed by atoms with Crippen LogP contribution in [0.1, 0.15) is 13.8 Å². The van der Waals surface area contributed by atoms with Gasteiger partial charge in [0.1, 0.15) is 0 Å². The number of anilines is 1. The average Bonchev–Trinajstić information content (AvgIpc) is 2.82. The molecule has 5 nitrogen and oxygen atoms in total. The molecule has 2 aromatic rings. The Kier molecular flexibility index (Phi) is 3.16. The van der Waals surface area contributed by atoms with E-state index in [2.05, 4.69) is 15.5 Å². The highest BCUT2D eigenvalue weighted by Crippen LogP contribution is 2.19. The Bertz CT molecular complexity index is 523. The van der Waals surface area contributed by atoms with E-state index >= 15 is 0 Å². The molecule has 5 heteroatoms. The Morgan fingerprint density at radius 2 is 1.94 bits per heavy atom. The van der Waals surface area contributed by atoms with Crippen molar-refractivity contribution in [2.75, 3.05) is 5.32 Å². The van der Waals surface area contributed by atoms with Crippen LogP contribution in [0.2, 0.25) is 0 Å². The lowest BCUT2D eigenvalue weighted by Gasteiger charge is -2.17. The molecule has 0 atom stereocenters. The van der Waals surface area contributed by atoms with E-state index in [-0.39, 0.29) is 5.91 Å². The van der Waals surface area contributed by atoms with Gasteiger partial charge >= 0.3 is 0 Å². The summed E-state index contributed by atoms with van der Waals surface area (Å²) in [7, 11) is 0. The fourth-order valence-electron chi connectivity index (χ4n) is 1.44. The van der Waals surface area contributed by atoms with Gasteiger partial charge in [-0.05, 0) is 37.6 Å². The van der Waals surface area contributed by atoms with Crippen molar-refractivity contribution in [3.05, 3.63) is 36.5 Å². The third-order valence-electron chi connectivity index (χ3n) is 2.54. The lowest BCUT2D eigenvalue weighted by molar-refractivity contribution is -0.120. The molecule has 4 N–H and O–H groups in total. The molecule has 0 radical (unpaired) electrons. The zero-order valence-corrected chi connectivity index (χ0v) is 10.4. The summed E-state index contributed by atoms with van der Waals surface area (Å²) in [4.78, 5) is 11.7. The molecule has 0 aliphatic rings. The normalized spacial score (nSPS) is 11.3. The Balaban J connectivity index is 2.12. The van der Waals surface area contributed by atoms with E-state index in [4.69, 9.17) is 5.73 Å². The molecule has 0 saturated carbocycles. The van der Waals surface area contributed by atoms with Gasteiger partial charge in [-0.2, -0.15) is 5.10 Å². The molecular weight excluding hydrogens is 228 g/mol. The zero-order chi connectivity index (χ0) is 13.2. The number of benzene rings is 1. The number of hydrogen-bond acceptors (Lipinski definition) is 3. The first kappa shape index (κ1) is 12.3. The van der Waals surface area contributed by atoms with Crippen molar-refractivity contribution >= 4 is 11.6 Å². The Morgan fingerprint density at radius 3 is 2.44 bits per heavy atom. The van der Waals surface area contributed by atoms with Crippen LogP contribution in [0.15, 0.2) is 36.5 Å². The average molecular weight is 244 g/mol. The maximum absolute atomic E-state index is 11.7. The van der Waals surface area contributed by atoms with Crippen LogP contribution in [0, 0.1) is 0 Å². The van der Waals surface area contributed by atoms with Crippen molar-refractivity contribution < 1.29 is 4.79 Å². The number of rotatable bonds is 3. The lowest BCUT2D eigenvalue weighted by atomic mass is 10.1. The van der Waals surface area contributed by atoms with E-state index in [1.807, 2.05) is 30.3 Å². The number of aromatic amines is 1. The van der Waals surface area contributed by atoms with E-state index in [1.54, 1.807) is 20.0 Å². The molecule has 18 heavy (non-hydrogen) atoms. The Labute approximate surface area is 105 Å². The fourth-order valence-corrected chi connectivity index (χ4v) is 1.44. The Morgan fingerprint density at radius 1 is 1.28 bits per heavy atom. The number of H-pyrrole nitrogens is 1. The molecule has 1 aromatic carbocycles. The second-order valence-electron chi connectivity index (χ2n) is 4.72. The molecule has 0 fully saturated rings. The van der Waals surface area contributed by atoms with Crippen LogP contribution in [0.3, 0.4) is 0 Å². The second kappa shape index (κ2) is 4.62. The minimum atomic E-state index is -0.887. The number of carbonyl (C=O) groups is 1. The number of hydrogen-bond donors (Lipinski definition) is 3. The molecule has 0 saturated heterocycles. The van der Waals surface area contributed by atoms with Gasteiger partial charge in [0.2, 0.25) is 5.91 Å². The molecule has 0 unspecified atom stereocenters. The molecule has 0 bridgehead atoms. The summed E-state index contributed by atoms with van der Waals surface area (Å²) in [5.74, 6) is -0.211. The van der Waals surface area contributed by atoms with Gasteiger partial charge in [-0.15, -0.1) is 0 Å². The van der Waals surface area contributed by atoms with E-state index in [1.165, 1.54) is 0 Å². The minimum absolute atomic E-state index is 0.211. The van der Waals surface area contributed by atoms with Crippen molar-refractivity contribution in [1.29, 1.82) is 0 Å². The summed E-state index contributed by atoms with van der Waals surface area (Å²) < 4.78 is 0. The number of aromatic nitrogens is 2. The second-order valence-corrected chi connectivity index (χ2v) is 4.72. The first-order valence-corrected chi connectivity index (χ1v) is 5.67. The quantitative estimate of drug-likeness (QED) is 0.769. The highest BCUT2D eigenvalue weighted by atomic mass is 16.2. The molecule has 1 aromatic heterocycles. The number of carbonyl (C=O) groups excluding carboxylic acids is 1. The molecule has 0 aliphatic heterocycles. The maximum atomic E-state index is 11.7. The summed E-state index contributed by atoms with van der Waals surface area (Å²) in [5.41, 5.74) is 7.49. The maximum Gasteiger partial charge on any atom is 0.243 e. The zero-order valence-electron chi connectivity index (χ0n) is 10.4. The van der Waals surface area contributed by atoms with Gasteiger partial charge in [-0.3, -0.25) is 9.89 Å². The van der Waals surface area contributed by atoms with Crippen LogP contribution < -0.4 is 11.1 Å². The van der Waals surface area contributed by atoms with Crippen LogP contribution in [0.4, 0.5) is 5.69 Å². The number of amides is 1. The predicted molar refractivity (Wildman–Crippen MR) is 70.9 cm³/mol. The van der Waals surface area contributed by atoms with Gasteiger partial charge in [0.25, 0.3) is 0 Å². The predicted octanol–water partition coefficient (Wildman–Crippen LogP) is 1.75. The van der Waals surface area contributed by atoms with E-state index < -0.39 is 5.54 Å². The first-order chi connectivity index (χ1) is 8.47. The fraction of sp³-hybridized carbons (Fsp3) is 0.231. The van der Waals surface area contributed by atoms with Crippen molar-refractivity contribution in [1.82, 2.24) is 10.2 Å². The van der Waals surface area contributed by atoms with Crippen molar-refractivity contribution in [3.63, 3.8) is 0 Å². The molecule has 1 amide bonds. The van der Waals surface area contributed by atoms with Gasteiger partial charge in [0.15, 0.2) is 0 Å². The van der Waals surface area contributed by atoms with Crippen molar-refractivity contribution in [3.8, 4) is 11.3 Å². The van der Waals surface area contributed by atoms with E-state index in [0.29, 0.717) is 0 Å². The largest absolute Gasteiger partial charge is 0.325 e. The van der Waals surface area contributed by atoms with Crippen molar-refractivity contribution in [2.24, 2.45) is 5.73 Å². The first-order valence-electron chi connectivity index (χ1n) is 5.67. The van der Waals surface area contributed by atoms with Gasteiger partial charge in [-0.1, -0.05) is 12.1 Å². The van der Waals surface area contributed by atoms with E-state index in [9.17, 15) is 4.79 Å².